The van der Waals surface area contributed by atoms with Crippen LogP contribution < -0.4 is 0 Å². The van der Waals surface area contributed by atoms with Crippen LogP contribution in [0.5, 0.6) is 0 Å². The van der Waals surface area contributed by atoms with Crippen molar-refractivity contribution in [3.63, 3.8) is 0 Å². The molecule has 35 heavy (non-hydrogen) atoms. The van der Waals surface area contributed by atoms with Crippen LogP contribution in [0.3, 0.4) is 0 Å². The largest absolute Gasteiger partial charge is 0.388 e. The lowest BCUT2D eigenvalue weighted by atomic mass is 9.72. The van der Waals surface area contributed by atoms with Gasteiger partial charge in [-0.15, -0.1) is 0 Å². The summed E-state index contributed by atoms with van der Waals surface area (Å²) in [5.41, 5.74) is -1.38. The highest BCUT2D eigenvalue weighted by molar-refractivity contribution is 5.37. The van der Waals surface area contributed by atoms with Crippen molar-refractivity contribution in [2.24, 2.45) is 5.92 Å². The van der Waals surface area contributed by atoms with Gasteiger partial charge in [0.1, 0.15) is 5.60 Å². The van der Waals surface area contributed by atoms with Crippen LogP contribution in [-0.4, -0.2) is 34.7 Å². The van der Waals surface area contributed by atoms with Gasteiger partial charge in [-0.25, -0.2) is 0 Å². The molecule has 3 heteroatoms. The molecule has 1 heterocycles. The Hall–Kier alpha value is -2.46. The molecule has 1 saturated heterocycles. The number of aliphatic hydroxyl groups excluding tert-OH is 1. The van der Waals surface area contributed by atoms with Crippen LogP contribution in [0.15, 0.2) is 84.7 Å². The molecule has 0 bridgehead atoms. The van der Waals surface area contributed by atoms with E-state index in [0.717, 1.165) is 5.56 Å². The number of benzene rings is 3. The second kappa shape index (κ2) is 11.1. The first-order chi connectivity index (χ1) is 20.9. The van der Waals surface area contributed by atoms with E-state index in [9.17, 15) is 10.2 Å². The second-order valence-corrected chi connectivity index (χ2v) is 10.4. The highest BCUT2D eigenvalue weighted by Gasteiger charge is 2.41. The molecule has 0 saturated carbocycles. The molecule has 3 aromatic rings. The van der Waals surface area contributed by atoms with E-state index in [4.69, 9.17) is 13.7 Å². The van der Waals surface area contributed by atoms with Crippen LogP contribution >= 0.6 is 0 Å². The zero-order valence-corrected chi connectivity index (χ0v) is 20.8. The fourth-order valence-corrected chi connectivity index (χ4v) is 4.87. The van der Waals surface area contributed by atoms with Crippen molar-refractivity contribution >= 4 is 0 Å². The quantitative estimate of drug-likeness (QED) is 0.389. The normalized spacial score (nSPS) is 20.8. The summed E-state index contributed by atoms with van der Waals surface area (Å²) in [6.45, 7) is 7.98. The number of hydrogen-bond acceptors (Lipinski definition) is 3. The molecule has 1 aliphatic heterocycles. The predicted octanol–water partition coefficient (Wildman–Crippen LogP) is 6.45. The molecule has 0 aromatic heterocycles. The number of piperidine rings is 1. The van der Waals surface area contributed by atoms with Crippen molar-refractivity contribution in [2.75, 3.05) is 19.6 Å². The van der Waals surface area contributed by atoms with E-state index in [-0.39, 0.29) is 18.3 Å². The van der Waals surface area contributed by atoms with Gasteiger partial charge in [-0.05, 0) is 78.9 Å². The molecule has 2 N–H and O–H groups in total. The zero-order chi connectivity index (χ0) is 33.6. The Morgan fingerprint density at radius 1 is 0.857 bits per heavy atom. The fourth-order valence-electron chi connectivity index (χ4n) is 4.87. The first-order valence-electron chi connectivity index (χ1n) is 17.3. The summed E-state index contributed by atoms with van der Waals surface area (Å²) in [4.78, 5) is 2.15. The van der Waals surface area contributed by atoms with Gasteiger partial charge in [-0.3, -0.25) is 0 Å². The third-order valence-corrected chi connectivity index (χ3v) is 7.05. The van der Waals surface area contributed by atoms with Gasteiger partial charge in [0, 0.05) is 0 Å². The van der Waals surface area contributed by atoms with Crippen LogP contribution in [0, 0.1) is 5.92 Å². The van der Waals surface area contributed by atoms with E-state index in [0.29, 0.717) is 32.5 Å². The van der Waals surface area contributed by atoms with Gasteiger partial charge in [-0.1, -0.05) is 105 Å². The van der Waals surface area contributed by atoms with E-state index in [1.807, 2.05) is 24.3 Å². The molecule has 0 amide bonds. The van der Waals surface area contributed by atoms with E-state index in [1.54, 1.807) is 0 Å². The molecular weight excluding hydrogens is 430 g/mol. The molecular formula is C32H41NO2. The third-order valence-electron chi connectivity index (χ3n) is 7.05. The maximum atomic E-state index is 12.5. The Bertz CT molecular complexity index is 1440. The van der Waals surface area contributed by atoms with Gasteiger partial charge in [-0.2, -0.15) is 0 Å². The van der Waals surface area contributed by atoms with Crippen molar-refractivity contribution in [3.8, 4) is 0 Å². The van der Waals surface area contributed by atoms with Crippen LogP contribution in [0.1, 0.15) is 88.5 Å². The fraction of sp³-hybridized carbons (Fsp3) is 0.438. The van der Waals surface area contributed by atoms with Gasteiger partial charge < -0.3 is 15.1 Å². The van der Waals surface area contributed by atoms with Crippen molar-refractivity contribution in [1.29, 1.82) is 0 Å². The van der Waals surface area contributed by atoms with Crippen molar-refractivity contribution in [3.05, 3.63) is 107 Å². The minimum absolute atomic E-state index is 0.0207. The molecule has 1 aliphatic rings. The van der Waals surface area contributed by atoms with E-state index >= 15 is 0 Å². The molecule has 1 unspecified atom stereocenters. The van der Waals surface area contributed by atoms with E-state index in [2.05, 4.69) is 25.7 Å². The maximum absolute atomic E-state index is 12.5. The lowest BCUT2D eigenvalue weighted by molar-refractivity contribution is -0.0146. The Kier molecular flexibility index (Phi) is 4.94. The van der Waals surface area contributed by atoms with E-state index < -0.39 is 89.2 Å². The molecule has 3 nitrogen and oxygen atoms in total. The molecule has 0 radical (unpaired) electrons. The lowest BCUT2D eigenvalue weighted by Gasteiger charge is -2.42. The Balaban J connectivity index is 1.59. The number of hydrogen-bond donors (Lipinski definition) is 2. The smallest absolute Gasteiger partial charge is 0.117 e. The van der Waals surface area contributed by atoms with Crippen LogP contribution in [0.4, 0.5) is 0 Å². The van der Waals surface area contributed by atoms with Gasteiger partial charge >= 0.3 is 0 Å². The summed E-state index contributed by atoms with van der Waals surface area (Å²) in [5, 5.41) is 23.3. The molecule has 0 aliphatic carbocycles. The highest BCUT2D eigenvalue weighted by atomic mass is 16.3. The Morgan fingerprint density at radius 2 is 1.37 bits per heavy atom. The number of rotatable bonds is 8. The zero-order valence-electron chi connectivity index (χ0n) is 30.8. The summed E-state index contributed by atoms with van der Waals surface area (Å²) in [6.07, 6.45) is 1.18. The molecule has 0 spiro atoms. The standard InChI is InChI=1S/C32H41NO2/c1-31(2,3)26-18-16-25(17-19-26)30(34)15-10-22-33-23-20-29(21-24-33)32(35,27-11-6-4-7-12-27)28-13-8-5-9-14-28/h4-9,11-14,16-19,29-30,34-35H,10,15,20-24H2,1-3H3/i4D,5D,6D,7D,8D,9D,11D,12D,13D,14D. The van der Waals surface area contributed by atoms with Crippen molar-refractivity contribution in [2.45, 2.75) is 63.6 Å². The van der Waals surface area contributed by atoms with E-state index in [1.165, 1.54) is 5.56 Å². The summed E-state index contributed by atoms with van der Waals surface area (Å²) in [6, 6.07) is 1.24. The first kappa shape index (κ1) is 15.6. The third kappa shape index (κ3) is 6.03. The minimum atomic E-state index is -2.46. The van der Waals surface area contributed by atoms with Gasteiger partial charge in [0.2, 0.25) is 0 Å². The molecule has 3 aromatic carbocycles. The van der Waals surface area contributed by atoms with Crippen LogP contribution in [0.2, 0.25) is 0 Å². The van der Waals surface area contributed by atoms with Gasteiger partial charge in [0.05, 0.1) is 19.8 Å². The molecule has 186 valence electrons. The van der Waals surface area contributed by atoms with Gasteiger partial charge in [0.25, 0.3) is 0 Å². The van der Waals surface area contributed by atoms with Crippen LogP contribution in [0.25, 0.3) is 0 Å². The second-order valence-electron chi connectivity index (χ2n) is 10.4. The maximum Gasteiger partial charge on any atom is 0.117 e. The Morgan fingerprint density at radius 3 is 1.86 bits per heavy atom. The number of aliphatic hydroxyl groups is 2. The van der Waals surface area contributed by atoms with Gasteiger partial charge in [0.15, 0.2) is 0 Å². The average molecular weight is 482 g/mol. The monoisotopic (exact) mass is 481 g/mol. The van der Waals surface area contributed by atoms with Crippen molar-refractivity contribution < 1.29 is 23.9 Å². The predicted molar refractivity (Wildman–Crippen MR) is 144 cm³/mol. The summed E-state index contributed by atoms with van der Waals surface area (Å²) in [5.74, 6) is -0.812. The minimum Gasteiger partial charge on any atom is -0.388 e. The highest BCUT2D eigenvalue weighted by Crippen LogP contribution is 2.42. The SMILES string of the molecule is [2H]c1c([2H])c([2H])c(C(O)(c2c([2H])c([2H])c([2H])c([2H])c2[2H])C2CCN(CCCC(O)c3ccc(C(C)(C)C)cc3)CC2)c([2H])c1[2H]. The topological polar surface area (TPSA) is 43.7 Å². The number of likely N-dealkylation sites (tertiary alicyclic amines) is 1. The summed E-state index contributed by atoms with van der Waals surface area (Å²) < 4.78 is 83.4. The first-order valence-corrected chi connectivity index (χ1v) is 12.3. The molecule has 1 atom stereocenters. The lowest BCUT2D eigenvalue weighted by Crippen LogP contribution is -2.44. The average Bonchev–Trinajstić information content (AvgIpc) is 3.01. The number of nitrogens with zero attached hydrogens (tertiary/aromatic N) is 1. The molecule has 4 rings (SSSR count). The summed E-state index contributed by atoms with van der Waals surface area (Å²) >= 11 is 0. The van der Waals surface area contributed by atoms with Crippen LogP contribution in [-0.2, 0) is 11.0 Å². The molecule has 1 fully saturated rings. The Labute approximate surface area is 225 Å². The summed E-state index contributed by atoms with van der Waals surface area (Å²) in [7, 11) is 0. The van der Waals surface area contributed by atoms with Crippen molar-refractivity contribution in [1.82, 2.24) is 4.90 Å².